The van der Waals surface area contributed by atoms with Crippen molar-refractivity contribution in [2.45, 2.75) is 6.42 Å². The van der Waals surface area contributed by atoms with Gasteiger partial charge in [0.15, 0.2) is 5.78 Å². The largest absolute Gasteiger partial charge is 0.293 e. The molecule has 0 aliphatic rings. The Bertz CT molecular complexity index is 487. The second-order valence-electron chi connectivity index (χ2n) is 2.91. The molecule has 15 heavy (non-hydrogen) atoms. The number of hydrogen-bond acceptors (Lipinski definition) is 3. The molecule has 0 spiro atoms. The first-order chi connectivity index (χ1) is 7.15. The molecule has 0 aromatic carbocycles. The molecular weight excluding hydrogens is 360 g/mol. The van der Waals surface area contributed by atoms with Gasteiger partial charge in [0, 0.05) is 11.3 Å². The second-order valence-corrected chi connectivity index (χ2v) is 7.92. The van der Waals surface area contributed by atoms with E-state index in [0.29, 0.717) is 6.42 Å². The van der Waals surface area contributed by atoms with Crippen molar-refractivity contribution in [1.29, 1.82) is 0 Å². The van der Waals surface area contributed by atoms with E-state index in [9.17, 15) is 4.79 Å². The Morgan fingerprint density at radius 1 is 1.07 bits per heavy atom. The minimum Gasteiger partial charge on any atom is -0.293 e. The minimum absolute atomic E-state index is 0.181. The van der Waals surface area contributed by atoms with Gasteiger partial charge >= 0.3 is 0 Å². The van der Waals surface area contributed by atoms with Gasteiger partial charge in [-0.15, -0.1) is 22.7 Å². The molecule has 0 amide bonds. The SMILES string of the molecule is O=C(Cc1ccc(Br)s1)c1ccc(Br)s1. The summed E-state index contributed by atoms with van der Waals surface area (Å²) < 4.78 is 2.07. The van der Waals surface area contributed by atoms with Crippen LogP contribution in [0.4, 0.5) is 0 Å². The Morgan fingerprint density at radius 2 is 1.73 bits per heavy atom. The minimum atomic E-state index is 0.181. The molecule has 0 saturated carbocycles. The smallest absolute Gasteiger partial charge is 0.178 e. The maximum atomic E-state index is 11.8. The van der Waals surface area contributed by atoms with Crippen molar-refractivity contribution in [2.75, 3.05) is 0 Å². The molecule has 2 aromatic heterocycles. The molecule has 0 aliphatic heterocycles. The van der Waals surface area contributed by atoms with Crippen molar-refractivity contribution >= 4 is 60.3 Å². The molecule has 0 atom stereocenters. The van der Waals surface area contributed by atoms with Crippen LogP contribution >= 0.6 is 54.5 Å². The van der Waals surface area contributed by atoms with Gasteiger partial charge in [0.25, 0.3) is 0 Å². The third-order valence-corrected chi connectivity index (χ3v) is 5.10. The first-order valence-corrected chi connectivity index (χ1v) is 7.40. The highest BCUT2D eigenvalue weighted by Crippen LogP contribution is 2.26. The normalized spacial score (nSPS) is 10.5. The van der Waals surface area contributed by atoms with Gasteiger partial charge in [0.1, 0.15) is 0 Å². The van der Waals surface area contributed by atoms with Crippen molar-refractivity contribution in [3.8, 4) is 0 Å². The molecule has 2 aromatic rings. The predicted molar refractivity (Wildman–Crippen MR) is 72.1 cm³/mol. The van der Waals surface area contributed by atoms with E-state index in [2.05, 4.69) is 31.9 Å². The van der Waals surface area contributed by atoms with E-state index in [-0.39, 0.29) is 5.78 Å². The van der Waals surface area contributed by atoms with E-state index < -0.39 is 0 Å². The van der Waals surface area contributed by atoms with Crippen LogP contribution < -0.4 is 0 Å². The van der Waals surface area contributed by atoms with Gasteiger partial charge in [-0.25, -0.2) is 0 Å². The number of thiophene rings is 2. The summed E-state index contributed by atoms with van der Waals surface area (Å²) in [6, 6.07) is 7.72. The van der Waals surface area contributed by atoms with Crippen LogP contribution in [0, 0.1) is 0 Å². The van der Waals surface area contributed by atoms with Crippen LogP contribution in [0.15, 0.2) is 31.8 Å². The number of rotatable bonds is 3. The fraction of sp³-hybridized carbons (Fsp3) is 0.100. The number of hydrogen-bond donors (Lipinski definition) is 0. The Hall–Kier alpha value is 0.0300. The summed E-state index contributed by atoms with van der Waals surface area (Å²) in [5.74, 6) is 0.181. The van der Waals surface area contributed by atoms with Crippen molar-refractivity contribution in [3.63, 3.8) is 0 Å². The van der Waals surface area contributed by atoms with Crippen LogP contribution in [0.5, 0.6) is 0 Å². The lowest BCUT2D eigenvalue weighted by atomic mass is 10.2. The van der Waals surface area contributed by atoms with Gasteiger partial charge in [-0.2, -0.15) is 0 Å². The van der Waals surface area contributed by atoms with Gasteiger partial charge in [0.2, 0.25) is 0 Å². The van der Waals surface area contributed by atoms with Crippen LogP contribution in [-0.2, 0) is 6.42 Å². The summed E-state index contributed by atoms with van der Waals surface area (Å²) >= 11 is 9.82. The zero-order valence-electron chi connectivity index (χ0n) is 7.50. The van der Waals surface area contributed by atoms with Crippen LogP contribution in [0.2, 0.25) is 0 Å². The summed E-state index contributed by atoms with van der Waals surface area (Å²) in [5.41, 5.74) is 0. The lowest BCUT2D eigenvalue weighted by Crippen LogP contribution is -1.98. The van der Waals surface area contributed by atoms with E-state index in [4.69, 9.17) is 0 Å². The summed E-state index contributed by atoms with van der Waals surface area (Å²) in [6.07, 6.45) is 0.489. The lowest BCUT2D eigenvalue weighted by molar-refractivity contribution is 0.0997. The van der Waals surface area contributed by atoms with E-state index in [1.807, 2.05) is 24.3 Å². The second kappa shape index (κ2) is 4.91. The molecule has 2 rings (SSSR count). The Kier molecular flexibility index (Phi) is 3.77. The number of Topliss-reactive ketones (excluding diaryl/α,β-unsaturated/α-hetero) is 1. The highest BCUT2D eigenvalue weighted by Gasteiger charge is 2.10. The first kappa shape index (κ1) is 11.5. The van der Waals surface area contributed by atoms with Crippen molar-refractivity contribution in [3.05, 3.63) is 41.6 Å². The Balaban J connectivity index is 2.10. The van der Waals surface area contributed by atoms with Crippen LogP contribution in [0.1, 0.15) is 14.5 Å². The van der Waals surface area contributed by atoms with Gasteiger partial charge in [-0.1, -0.05) is 0 Å². The molecule has 0 radical (unpaired) electrons. The first-order valence-electron chi connectivity index (χ1n) is 4.18. The maximum absolute atomic E-state index is 11.8. The van der Waals surface area contributed by atoms with Crippen molar-refractivity contribution in [2.24, 2.45) is 0 Å². The predicted octanol–water partition coefficient (Wildman–Crippen LogP) is 4.76. The molecule has 0 unspecified atom stereocenters. The fourth-order valence-electron chi connectivity index (χ4n) is 1.16. The topological polar surface area (TPSA) is 17.1 Å². The average molecular weight is 366 g/mol. The van der Waals surface area contributed by atoms with E-state index >= 15 is 0 Å². The van der Waals surface area contributed by atoms with Crippen molar-refractivity contribution < 1.29 is 4.79 Å². The van der Waals surface area contributed by atoms with Gasteiger partial charge in [-0.3, -0.25) is 4.79 Å². The summed E-state index contributed by atoms with van der Waals surface area (Å²) in [6.45, 7) is 0. The molecule has 0 saturated heterocycles. The van der Waals surface area contributed by atoms with Gasteiger partial charge in [-0.05, 0) is 56.1 Å². The number of carbonyl (C=O) groups excluding carboxylic acids is 1. The molecule has 0 bridgehead atoms. The molecule has 78 valence electrons. The quantitative estimate of drug-likeness (QED) is 0.716. The van der Waals surface area contributed by atoms with Crippen molar-refractivity contribution in [1.82, 2.24) is 0 Å². The fourth-order valence-corrected chi connectivity index (χ4v) is 3.96. The molecule has 0 aliphatic carbocycles. The van der Waals surface area contributed by atoms with E-state index in [1.54, 1.807) is 11.3 Å². The van der Waals surface area contributed by atoms with Gasteiger partial charge < -0.3 is 0 Å². The third kappa shape index (κ3) is 3.00. The monoisotopic (exact) mass is 364 g/mol. The number of halogens is 2. The molecule has 0 N–H and O–H groups in total. The Labute approximate surface area is 112 Å². The Morgan fingerprint density at radius 3 is 2.27 bits per heavy atom. The van der Waals surface area contributed by atoms with E-state index in [0.717, 1.165) is 17.3 Å². The highest BCUT2D eigenvalue weighted by atomic mass is 79.9. The maximum Gasteiger partial charge on any atom is 0.178 e. The average Bonchev–Trinajstić information content (AvgIpc) is 2.75. The summed E-state index contributed by atoms with van der Waals surface area (Å²) in [4.78, 5) is 13.7. The lowest BCUT2D eigenvalue weighted by Gasteiger charge is -1.93. The summed E-state index contributed by atoms with van der Waals surface area (Å²) in [7, 11) is 0. The molecule has 5 heteroatoms. The molecule has 2 heterocycles. The van der Waals surface area contributed by atoms with Crippen LogP contribution in [-0.4, -0.2) is 5.78 Å². The zero-order valence-corrected chi connectivity index (χ0v) is 12.3. The van der Waals surface area contributed by atoms with E-state index in [1.165, 1.54) is 11.3 Å². The molecular formula is C10H6Br2OS2. The standard InChI is InChI=1S/C10H6Br2OS2/c11-9-3-1-6(14-9)5-7(13)8-2-4-10(12)15-8/h1-4H,5H2. The molecule has 1 nitrogen and oxygen atoms in total. The summed E-state index contributed by atoms with van der Waals surface area (Å²) in [5, 5.41) is 0. The highest BCUT2D eigenvalue weighted by molar-refractivity contribution is 9.11. The van der Waals surface area contributed by atoms with Crippen LogP contribution in [0.3, 0.4) is 0 Å². The number of ketones is 1. The zero-order chi connectivity index (χ0) is 10.8. The third-order valence-electron chi connectivity index (χ3n) is 1.81. The van der Waals surface area contributed by atoms with Crippen LogP contribution in [0.25, 0.3) is 0 Å². The van der Waals surface area contributed by atoms with Gasteiger partial charge in [0.05, 0.1) is 12.4 Å². The molecule has 0 fully saturated rings. The number of carbonyl (C=O) groups is 1.